The lowest BCUT2D eigenvalue weighted by molar-refractivity contribution is 0.273. The minimum atomic E-state index is 0.832. The van der Waals surface area contributed by atoms with Crippen molar-refractivity contribution in [2.75, 3.05) is 19.6 Å². The summed E-state index contributed by atoms with van der Waals surface area (Å²) in [6, 6.07) is 0.832. The predicted octanol–water partition coefficient (Wildman–Crippen LogP) is 0.738. The Kier molecular flexibility index (Phi) is 2.44. The van der Waals surface area contributed by atoms with Crippen molar-refractivity contribution in [3.05, 3.63) is 0 Å². The molecule has 2 saturated heterocycles. The Morgan fingerprint density at radius 3 is 2.82 bits per heavy atom. The number of fused-ring (bicyclic) bond motifs is 1. The Labute approximate surface area is 68.7 Å². The average molecular weight is 154 g/mol. The van der Waals surface area contributed by atoms with Crippen molar-refractivity contribution in [2.24, 2.45) is 5.92 Å². The molecule has 2 aliphatic rings. The fourth-order valence-corrected chi connectivity index (χ4v) is 2.37. The van der Waals surface area contributed by atoms with E-state index in [1.165, 1.54) is 45.3 Å². The first-order valence-electron chi connectivity index (χ1n) is 4.91. The quantitative estimate of drug-likeness (QED) is 0.538. The van der Waals surface area contributed by atoms with E-state index in [9.17, 15) is 0 Å². The third kappa shape index (κ3) is 1.74. The number of hydrogen-bond acceptors (Lipinski definition) is 2. The van der Waals surface area contributed by atoms with E-state index in [0.717, 1.165) is 12.0 Å². The summed E-state index contributed by atoms with van der Waals surface area (Å²) in [7, 11) is 0. The van der Waals surface area contributed by atoms with Gasteiger partial charge in [0.05, 0.1) is 0 Å². The molecule has 2 fully saturated rings. The molecular formula is C9H18N2. The molecule has 2 heteroatoms. The van der Waals surface area contributed by atoms with Crippen LogP contribution in [0.2, 0.25) is 0 Å². The highest BCUT2D eigenvalue weighted by Gasteiger charge is 2.25. The highest BCUT2D eigenvalue weighted by Crippen LogP contribution is 2.22. The van der Waals surface area contributed by atoms with Crippen molar-refractivity contribution >= 4 is 0 Å². The van der Waals surface area contributed by atoms with E-state index in [1.807, 2.05) is 0 Å². The van der Waals surface area contributed by atoms with Gasteiger partial charge in [0.2, 0.25) is 0 Å². The van der Waals surface area contributed by atoms with Gasteiger partial charge in [-0.05, 0) is 51.2 Å². The highest BCUT2D eigenvalue weighted by atomic mass is 15.0. The van der Waals surface area contributed by atoms with Crippen LogP contribution in [0.5, 0.6) is 0 Å². The van der Waals surface area contributed by atoms with Gasteiger partial charge >= 0.3 is 0 Å². The molecule has 11 heavy (non-hydrogen) atoms. The number of piperidine rings is 1. The first-order chi connectivity index (χ1) is 5.47. The topological polar surface area (TPSA) is 24.1 Å². The minimum absolute atomic E-state index is 0.832. The molecule has 0 aromatic heterocycles. The molecule has 0 aliphatic carbocycles. The van der Waals surface area contributed by atoms with E-state index >= 15 is 0 Å². The van der Waals surface area contributed by atoms with Gasteiger partial charge in [0.1, 0.15) is 0 Å². The van der Waals surface area contributed by atoms with E-state index in [1.54, 1.807) is 0 Å². The molecule has 0 aromatic rings. The van der Waals surface area contributed by atoms with Crippen molar-refractivity contribution in [3.8, 4) is 0 Å². The van der Waals surface area contributed by atoms with Crippen LogP contribution in [0.1, 0.15) is 25.7 Å². The molecule has 0 spiro atoms. The van der Waals surface area contributed by atoms with Crippen molar-refractivity contribution in [1.29, 1.82) is 0 Å². The fourth-order valence-electron chi connectivity index (χ4n) is 2.37. The predicted molar refractivity (Wildman–Crippen MR) is 46.6 cm³/mol. The Balaban J connectivity index is 1.93. The second kappa shape index (κ2) is 3.55. The van der Waals surface area contributed by atoms with Crippen LogP contribution in [-0.4, -0.2) is 25.7 Å². The summed E-state index contributed by atoms with van der Waals surface area (Å²) in [5.74, 6) is 0.971. The van der Waals surface area contributed by atoms with Gasteiger partial charge in [-0.15, -0.1) is 0 Å². The van der Waals surface area contributed by atoms with Crippen LogP contribution < -0.4 is 10.6 Å². The van der Waals surface area contributed by atoms with Gasteiger partial charge in [0, 0.05) is 6.04 Å². The van der Waals surface area contributed by atoms with Crippen molar-refractivity contribution in [3.63, 3.8) is 0 Å². The van der Waals surface area contributed by atoms with E-state index in [-0.39, 0.29) is 0 Å². The molecule has 2 nitrogen and oxygen atoms in total. The molecule has 2 heterocycles. The zero-order chi connectivity index (χ0) is 7.52. The van der Waals surface area contributed by atoms with E-state index in [2.05, 4.69) is 10.6 Å². The second-order valence-electron chi connectivity index (χ2n) is 3.79. The van der Waals surface area contributed by atoms with Crippen LogP contribution in [-0.2, 0) is 0 Å². The molecule has 0 bridgehead atoms. The molecule has 2 rings (SSSR count). The monoisotopic (exact) mass is 154 g/mol. The lowest BCUT2D eigenvalue weighted by Crippen LogP contribution is -2.41. The van der Waals surface area contributed by atoms with E-state index in [4.69, 9.17) is 0 Å². The maximum Gasteiger partial charge on any atom is 0.0108 e. The molecule has 0 saturated carbocycles. The summed E-state index contributed by atoms with van der Waals surface area (Å²) in [6.07, 6.45) is 5.57. The van der Waals surface area contributed by atoms with Gasteiger partial charge in [-0.3, -0.25) is 0 Å². The number of hydrogen-bond donors (Lipinski definition) is 2. The maximum atomic E-state index is 3.62. The maximum absolute atomic E-state index is 3.62. The highest BCUT2D eigenvalue weighted by molar-refractivity contribution is 4.84. The van der Waals surface area contributed by atoms with Crippen molar-refractivity contribution in [1.82, 2.24) is 10.6 Å². The van der Waals surface area contributed by atoms with Crippen LogP contribution in [0.3, 0.4) is 0 Å². The summed E-state index contributed by atoms with van der Waals surface area (Å²) in [6.45, 7) is 3.71. The Hall–Kier alpha value is -0.0800. The summed E-state index contributed by atoms with van der Waals surface area (Å²) < 4.78 is 0. The fraction of sp³-hybridized carbons (Fsp3) is 1.00. The van der Waals surface area contributed by atoms with Crippen LogP contribution in [0.15, 0.2) is 0 Å². The Bertz CT molecular complexity index is 111. The number of rotatable bonds is 0. The summed E-state index contributed by atoms with van der Waals surface area (Å²) >= 11 is 0. The van der Waals surface area contributed by atoms with Gasteiger partial charge < -0.3 is 10.6 Å². The second-order valence-corrected chi connectivity index (χ2v) is 3.79. The number of nitrogens with one attached hydrogen (secondary N) is 2. The van der Waals surface area contributed by atoms with Gasteiger partial charge in [-0.2, -0.15) is 0 Å². The molecule has 0 unspecified atom stereocenters. The van der Waals surface area contributed by atoms with E-state index in [0.29, 0.717) is 0 Å². The molecule has 0 aromatic carbocycles. The minimum Gasteiger partial charge on any atom is -0.317 e. The summed E-state index contributed by atoms with van der Waals surface area (Å²) in [4.78, 5) is 0. The third-order valence-corrected chi connectivity index (χ3v) is 3.05. The van der Waals surface area contributed by atoms with Crippen LogP contribution >= 0.6 is 0 Å². The first-order valence-corrected chi connectivity index (χ1v) is 4.91. The molecule has 2 atom stereocenters. The molecular weight excluding hydrogens is 136 g/mol. The zero-order valence-electron chi connectivity index (χ0n) is 7.10. The normalized spacial score (nSPS) is 39.3. The van der Waals surface area contributed by atoms with Crippen LogP contribution in [0.25, 0.3) is 0 Å². The summed E-state index contributed by atoms with van der Waals surface area (Å²) in [5.41, 5.74) is 0. The first kappa shape index (κ1) is 7.56. The van der Waals surface area contributed by atoms with Crippen molar-refractivity contribution < 1.29 is 0 Å². The van der Waals surface area contributed by atoms with Crippen molar-refractivity contribution in [2.45, 2.75) is 31.7 Å². The molecule has 2 aliphatic heterocycles. The van der Waals surface area contributed by atoms with Gasteiger partial charge in [0.25, 0.3) is 0 Å². The van der Waals surface area contributed by atoms with Gasteiger partial charge in [-0.1, -0.05) is 0 Å². The SMILES string of the molecule is C1CN[C@@H]2CCNCC[C@H]2C1. The lowest BCUT2D eigenvalue weighted by atomic mass is 9.87. The molecule has 2 N–H and O–H groups in total. The molecule has 0 radical (unpaired) electrons. The summed E-state index contributed by atoms with van der Waals surface area (Å²) in [5, 5.41) is 7.08. The van der Waals surface area contributed by atoms with Gasteiger partial charge in [0.15, 0.2) is 0 Å². The average Bonchev–Trinajstić information content (AvgIpc) is 2.28. The Morgan fingerprint density at radius 2 is 1.82 bits per heavy atom. The largest absolute Gasteiger partial charge is 0.317 e. The molecule has 64 valence electrons. The third-order valence-electron chi connectivity index (χ3n) is 3.05. The smallest absolute Gasteiger partial charge is 0.0108 e. The van der Waals surface area contributed by atoms with Crippen LogP contribution in [0, 0.1) is 5.92 Å². The van der Waals surface area contributed by atoms with Crippen LogP contribution in [0.4, 0.5) is 0 Å². The zero-order valence-corrected chi connectivity index (χ0v) is 7.10. The molecule has 0 amide bonds. The lowest BCUT2D eigenvalue weighted by Gasteiger charge is -2.30. The Morgan fingerprint density at radius 1 is 0.909 bits per heavy atom. The standard InChI is InChI=1S/C9H18N2/c1-2-8-3-6-10-7-4-9(8)11-5-1/h8-11H,1-7H2/t8-,9-/m1/s1. The van der Waals surface area contributed by atoms with Gasteiger partial charge in [-0.25, -0.2) is 0 Å². The van der Waals surface area contributed by atoms with E-state index < -0.39 is 0 Å².